The molecule has 1 atom stereocenters. The first-order valence-corrected chi connectivity index (χ1v) is 11.2. The quantitative estimate of drug-likeness (QED) is 0.392. The first kappa shape index (κ1) is 25.2. The number of nitrogens with zero attached hydrogens (tertiary/aromatic N) is 3. The lowest BCUT2D eigenvalue weighted by Gasteiger charge is -2.16. The number of halogens is 3. The maximum atomic E-state index is 12.6. The van der Waals surface area contributed by atoms with Crippen LogP contribution < -0.4 is 19.5 Å². The second-order valence-electron chi connectivity index (χ2n) is 6.90. The third-order valence-corrected chi connectivity index (χ3v) is 5.47. The standard InChI is InChI=1S/C22H23F3N4O4S/c1-4-29-20(14(2)32-16-9-7-8-15(12-16)31-3)27-28-21(29)34-13-19(30)26-17-10-5-6-11-18(17)33-22(23,24)25/h5-12,14H,4,13H2,1-3H3,(H,26,30). The molecule has 12 heteroatoms. The molecular formula is C22H23F3N4O4S. The van der Waals surface area contributed by atoms with Gasteiger partial charge in [0.05, 0.1) is 18.6 Å². The van der Waals surface area contributed by atoms with E-state index >= 15 is 0 Å². The van der Waals surface area contributed by atoms with Gasteiger partial charge in [0.25, 0.3) is 0 Å². The summed E-state index contributed by atoms with van der Waals surface area (Å²) in [5.74, 6) is 0.727. The lowest BCUT2D eigenvalue weighted by Crippen LogP contribution is -2.20. The van der Waals surface area contributed by atoms with E-state index in [0.29, 0.717) is 29.0 Å². The summed E-state index contributed by atoms with van der Waals surface area (Å²) in [4.78, 5) is 12.4. The van der Waals surface area contributed by atoms with Crippen LogP contribution in [0.15, 0.2) is 53.7 Å². The molecule has 0 saturated heterocycles. The minimum atomic E-state index is -4.87. The number of rotatable bonds is 10. The van der Waals surface area contributed by atoms with E-state index in [4.69, 9.17) is 9.47 Å². The van der Waals surface area contributed by atoms with Crippen molar-refractivity contribution in [3.05, 3.63) is 54.4 Å². The first-order valence-electron chi connectivity index (χ1n) is 10.2. The summed E-state index contributed by atoms with van der Waals surface area (Å²) in [5, 5.41) is 11.3. The Hall–Kier alpha value is -3.41. The van der Waals surface area contributed by atoms with Gasteiger partial charge in [0.15, 0.2) is 22.8 Å². The van der Waals surface area contributed by atoms with Crippen LogP contribution >= 0.6 is 11.8 Å². The van der Waals surface area contributed by atoms with Gasteiger partial charge in [-0.1, -0.05) is 30.0 Å². The Bertz CT molecular complexity index is 1120. The predicted molar refractivity (Wildman–Crippen MR) is 120 cm³/mol. The average Bonchev–Trinajstić information content (AvgIpc) is 3.21. The largest absolute Gasteiger partial charge is 0.573 e. The van der Waals surface area contributed by atoms with E-state index in [-0.39, 0.29) is 11.4 Å². The van der Waals surface area contributed by atoms with Crippen LogP contribution in [-0.4, -0.2) is 39.9 Å². The maximum Gasteiger partial charge on any atom is 0.573 e. The highest BCUT2D eigenvalue weighted by molar-refractivity contribution is 7.99. The number of benzene rings is 2. The molecule has 0 aliphatic rings. The van der Waals surface area contributed by atoms with Gasteiger partial charge in [-0.3, -0.25) is 4.79 Å². The molecule has 1 amide bonds. The molecule has 0 saturated carbocycles. The number of alkyl halides is 3. The number of thioether (sulfide) groups is 1. The molecule has 1 N–H and O–H groups in total. The normalized spacial score (nSPS) is 12.2. The van der Waals surface area contributed by atoms with Gasteiger partial charge in [0.1, 0.15) is 11.5 Å². The Morgan fingerprint density at radius 3 is 2.59 bits per heavy atom. The topological polar surface area (TPSA) is 87.5 Å². The SMILES string of the molecule is CCn1c(SCC(=O)Nc2ccccc2OC(F)(F)F)nnc1C(C)Oc1cccc(OC)c1. The van der Waals surface area contributed by atoms with Crippen LogP contribution in [0.25, 0.3) is 0 Å². The van der Waals surface area contributed by atoms with Gasteiger partial charge in [-0.25, -0.2) is 0 Å². The molecule has 3 aromatic rings. The molecule has 1 heterocycles. The highest BCUT2D eigenvalue weighted by Crippen LogP contribution is 2.31. The number of methoxy groups -OCH3 is 1. The van der Waals surface area contributed by atoms with E-state index in [9.17, 15) is 18.0 Å². The van der Waals surface area contributed by atoms with Gasteiger partial charge in [-0.15, -0.1) is 23.4 Å². The van der Waals surface area contributed by atoms with E-state index < -0.39 is 24.1 Å². The number of hydrogen-bond donors (Lipinski definition) is 1. The number of nitrogens with one attached hydrogen (secondary N) is 1. The summed E-state index contributed by atoms with van der Waals surface area (Å²) in [6, 6.07) is 12.5. The van der Waals surface area contributed by atoms with Gasteiger partial charge < -0.3 is 24.1 Å². The molecule has 0 bridgehead atoms. The van der Waals surface area contributed by atoms with E-state index in [1.54, 1.807) is 25.3 Å². The molecule has 0 fully saturated rings. The fourth-order valence-corrected chi connectivity index (χ4v) is 3.85. The number of anilines is 1. The van der Waals surface area contributed by atoms with Crippen molar-refractivity contribution < 1.29 is 32.2 Å². The van der Waals surface area contributed by atoms with Gasteiger partial charge >= 0.3 is 6.36 Å². The number of carbonyl (C=O) groups excluding carboxylic acids is 1. The molecule has 1 unspecified atom stereocenters. The third kappa shape index (κ3) is 6.80. The lowest BCUT2D eigenvalue weighted by atomic mass is 10.3. The van der Waals surface area contributed by atoms with E-state index in [1.807, 2.05) is 24.5 Å². The van der Waals surface area contributed by atoms with Crippen LogP contribution in [0.5, 0.6) is 17.2 Å². The fraction of sp³-hybridized carbons (Fsp3) is 0.318. The number of carbonyl (C=O) groups is 1. The Morgan fingerprint density at radius 1 is 1.15 bits per heavy atom. The Balaban J connectivity index is 1.64. The van der Waals surface area contributed by atoms with Crippen LogP contribution in [0.4, 0.5) is 18.9 Å². The molecule has 0 aliphatic heterocycles. The number of aromatic nitrogens is 3. The van der Waals surface area contributed by atoms with Crippen molar-refractivity contribution in [2.24, 2.45) is 0 Å². The minimum Gasteiger partial charge on any atom is -0.497 e. The van der Waals surface area contributed by atoms with Crippen molar-refractivity contribution in [3.8, 4) is 17.2 Å². The van der Waals surface area contributed by atoms with Gasteiger partial charge in [0.2, 0.25) is 5.91 Å². The van der Waals surface area contributed by atoms with Gasteiger partial charge in [-0.2, -0.15) is 0 Å². The molecule has 0 aliphatic carbocycles. The second kappa shape index (κ2) is 11.1. The zero-order chi connectivity index (χ0) is 24.7. The second-order valence-corrected chi connectivity index (χ2v) is 7.85. The van der Waals surface area contributed by atoms with E-state index in [2.05, 4.69) is 20.3 Å². The van der Waals surface area contributed by atoms with Crippen molar-refractivity contribution in [3.63, 3.8) is 0 Å². The van der Waals surface area contributed by atoms with E-state index in [0.717, 1.165) is 17.8 Å². The number of ether oxygens (including phenoxy) is 3. The summed E-state index contributed by atoms with van der Waals surface area (Å²) in [6.45, 7) is 4.26. The van der Waals surface area contributed by atoms with Crippen molar-refractivity contribution >= 4 is 23.4 Å². The zero-order valence-electron chi connectivity index (χ0n) is 18.6. The first-order chi connectivity index (χ1) is 16.2. The summed E-state index contributed by atoms with van der Waals surface area (Å²) < 4.78 is 54.7. The number of amides is 1. The van der Waals surface area contributed by atoms with Crippen LogP contribution in [0.1, 0.15) is 25.8 Å². The summed E-state index contributed by atoms with van der Waals surface area (Å²) in [6.07, 6.45) is -5.30. The minimum absolute atomic E-state index is 0.0802. The summed E-state index contributed by atoms with van der Waals surface area (Å²) >= 11 is 1.11. The van der Waals surface area contributed by atoms with Crippen LogP contribution in [0.2, 0.25) is 0 Å². The van der Waals surface area contributed by atoms with Crippen LogP contribution in [0.3, 0.4) is 0 Å². The Kier molecular flexibility index (Phi) is 8.26. The van der Waals surface area contributed by atoms with Gasteiger partial charge in [0, 0.05) is 12.6 Å². The molecule has 34 heavy (non-hydrogen) atoms. The molecule has 0 radical (unpaired) electrons. The highest BCUT2D eigenvalue weighted by atomic mass is 32.2. The monoisotopic (exact) mass is 496 g/mol. The Morgan fingerprint density at radius 2 is 1.88 bits per heavy atom. The summed E-state index contributed by atoms with van der Waals surface area (Å²) in [5.41, 5.74) is -0.0802. The van der Waals surface area contributed by atoms with Crippen molar-refractivity contribution in [2.45, 2.75) is 38.0 Å². The molecular weight excluding hydrogens is 473 g/mol. The maximum absolute atomic E-state index is 12.6. The molecule has 1 aromatic heterocycles. The molecule has 0 spiro atoms. The number of para-hydroxylation sites is 2. The Labute approximate surface area is 198 Å². The van der Waals surface area contributed by atoms with Crippen LogP contribution in [0, 0.1) is 0 Å². The highest BCUT2D eigenvalue weighted by Gasteiger charge is 2.32. The average molecular weight is 497 g/mol. The third-order valence-electron chi connectivity index (χ3n) is 4.50. The molecule has 2 aromatic carbocycles. The smallest absolute Gasteiger partial charge is 0.497 e. The fourth-order valence-electron chi connectivity index (χ4n) is 3.04. The molecule has 182 valence electrons. The predicted octanol–water partition coefficient (Wildman–Crippen LogP) is 5.08. The molecule has 8 nitrogen and oxygen atoms in total. The molecule has 3 rings (SSSR count). The van der Waals surface area contributed by atoms with Crippen molar-refractivity contribution in [2.75, 3.05) is 18.2 Å². The summed E-state index contributed by atoms with van der Waals surface area (Å²) in [7, 11) is 1.57. The van der Waals surface area contributed by atoms with Crippen molar-refractivity contribution in [1.29, 1.82) is 0 Å². The van der Waals surface area contributed by atoms with Gasteiger partial charge in [-0.05, 0) is 38.1 Å². The number of hydrogen-bond acceptors (Lipinski definition) is 7. The lowest BCUT2D eigenvalue weighted by molar-refractivity contribution is -0.274. The zero-order valence-corrected chi connectivity index (χ0v) is 19.4. The van der Waals surface area contributed by atoms with Crippen molar-refractivity contribution in [1.82, 2.24) is 14.8 Å². The van der Waals surface area contributed by atoms with E-state index in [1.165, 1.54) is 18.2 Å². The van der Waals surface area contributed by atoms with Crippen LogP contribution in [-0.2, 0) is 11.3 Å².